The van der Waals surface area contributed by atoms with Crippen LogP contribution < -0.4 is 81.0 Å². The molecule has 15 amide bonds. The van der Waals surface area contributed by atoms with E-state index in [1.165, 1.54) is 48.5 Å². The van der Waals surface area contributed by atoms with Gasteiger partial charge in [0.15, 0.2) is 0 Å². The van der Waals surface area contributed by atoms with Gasteiger partial charge < -0.3 is 142 Å². The lowest BCUT2D eigenvalue weighted by molar-refractivity contribution is -0.147. The van der Waals surface area contributed by atoms with Gasteiger partial charge in [0.2, 0.25) is 88.6 Å². The Morgan fingerprint density at radius 3 is 1.01 bits per heavy atom. The first-order chi connectivity index (χ1) is 61.7. The topological polar surface area (TPSA) is 824 Å². The van der Waals surface area contributed by atoms with Crippen molar-refractivity contribution >= 4 is 136 Å². The zero-order valence-corrected chi connectivity index (χ0v) is 71.7. The number of carboxylic acids is 8. The van der Waals surface area contributed by atoms with E-state index in [9.17, 15) is 161 Å². The summed E-state index contributed by atoms with van der Waals surface area (Å²) in [6, 6.07) is -14.2. The highest BCUT2D eigenvalue weighted by atomic mass is 16.4. The number of nitrogens with one attached hydrogen (secondary N) is 12. The zero-order chi connectivity index (χ0) is 98.1. The van der Waals surface area contributed by atoms with Gasteiger partial charge in [-0.1, -0.05) is 56.3 Å². The fourth-order valence-corrected chi connectivity index (χ4v) is 14.0. The van der Waals surface area contributed by atoms with Gasteiger partial charge in [-0.05, 0) is 126 Å². The number of primary amides is 1. The Hall–Kier alpha value is -14.1. The van der Waals surface area contributed by atoms with E-state index >= 15 is 0 Å². The summed E-state index contributed by atoms with van der Waals surface area (Å²) in [5.74, 6) is -31.3. The third kappa shape index (κ3) is 38.8. The summed E-state index contributed by atoms with van der Waals surface area (Å²) >= 11 is 0. The summed E-state index contributed by atoms with van der Waals surface area (Å²) in [6.07, 6.45) is -12.8. The molecule has 0 saturated carbocycles. The molecule has 2 saturated heterocycles. The van der Waals surface area contributed by atoms with E-state index in [-0.39, 0.29) is 81.8 Å². The number of carbonyl (C=O) groups is 23. The van der Waals surface area contributed by atoms with Crippen LogP contribution in [0.15, 0.2) is 54.6 Å². The molecule has 28 N–H and O–H groups in total. The van der Waals surface area contributed by atoms with Crippen LogP contribution in [0.25, 0.3) is 0 Å². The van der Waals surface area contributed by atoms with E-state index in [4.69, 9.17) is 17.2 Å². The number of unbranched alkanes of at least 4 members (excludes halogenated alkanes) is 1. The van der Waals surface area contributed by atoms with Crippen molar-refractivity contribution in [2.75, 3.05) is 26.2 Å². The first-order valence-electron chi connectivity index (χ1n) is 41.9. The molecule has 15 atom stereocenters. The minimum Gasteiger partial charge on any atom is -0.508 e. The van der Waals surface area contributed by atoms with E-state index < -0.39 is 336 Å². The van der Waals surface area contributed by atoms with Gasteiger partial charge in [-0.3, -0.25) is 105 Å². The molecule has 131 heavy (non-hydrogen) atoms. The highest BCUT2D eigenvalue weighted by Crippen LogP contribution is 2.24. The van der Waals surface area contributed by atoms with Crippen molar-refractivity contribution in [1.29, 1.82) is 0 Å². The monoisotopic (exact) mass is 1850 g/mol. The molecule has 0 spiro atoms. The molecule has 2 fully saturated rings. The van der Waals surface area contributed by atoms with Crippen molar-refractivity contribution in [3.63, 3.8) is 0 Å². The van der Waals surface area contributed by atoms with E-state index in [0.717, 1.165) is 9.80 Å². The molecule has 2 heterocycles. The molecule has 2 aliphatic heterocycles. The molecule has 50 heteroatoms. The molecule has 0 aliphatic carbocycles. The zero-order valence-electron chi connectivity index (χ0n) is 71.7. The van der Waals surface area contributed by atoms with Gasteiger partial charge in [0.1, 0.15) is 90.3 Å². The molecule has 0 bridgehead atoms. The molecule has 2 aromatic rings. The molecule has 0 radical (unpaired) electrons. The quantitative estimate of drug-likeness (QED) is 0.0274. The van der Waals surface area contributed by atoms with Gasteiger partial charge >= 0.3 is 47.8 Å². The largest absolute Gasteiger partial charge is 0.508 e. The number of aliphatic hydroxyl groups excluding tert-OH is 1. The molecule has 4 rings (SSSR count). The number of phenolic OH excluding ortho intramolecular Hbond substituents is 1. The summed E-state index contributed by atoms with van der Waals surface area (Å²) in [5.41, 5.74) is 18.1. The first-order valence-corrected chi connectivity index (χ1v) is 41.9. The van der Waals surface area contributed by atoms with Gasteiger partial charge in [0.05, 0.1) is 25.5 Å². The molecule has 722 valence electrons. The van der Waals surface area contributed by atoms with E-state index in [2.05, 4.69) is 53.2 Å². The molecule has 50 nitrogen and oxygen atoms in total. The smallest absolute Gasteiger partial charge is 0.326 e. The van der Waals surface area contributed by atoms with Crippen molar-refractivity contribution in [2.45, 2.75) is 259 Å². The lowest BCUT2D eigenvalue weighted by Gasteiger charge is -2.32. The normalized spacial score (nSPS) is 16.4. The fraction of sp³-hybridized carbons (Fsp3) is 0.568. The van der Waals surface area contributed by atoms with Gasteiger partial charge in [-0.2, -0.15) is 0 Å². The van der Waals surface area contributed by atoms with Crippen LogP contribution in [0.2, 0.25) is 0 Å². The van der Waals surface area contributed by atoms with Crippen molar-refractivity contribution in [3.05, 3.63) is 65.7 Å². The van der Waals surface area contributed by atoms with Crippen LogP contribution in [0.3, 0.4) is 0 Å². The first kappa shape index (κ1) is 109. The Balaban J connectivity index is 1.66. The van der Waals surface area contributed by atoms with Crippen molar-refractivity contribution < 1.29 is 161 Å². The Labute approximate surface area is 747 Å². The third-order valence-electron chi connectivity index (χ3n) is 20.7. The minimum atomic E-state index is -2.15. The summed E-state index contributed by atoms with van der Waals surface area (Å²) in [4.78, 5) is 309. The Morgan fingerprint density at radius 1 is 0.366 bits per heavy atom. The third-order valence-corrected chi connectivity index (χ3v) is 20.7. The highest BCUT2D eigenvalue weighted by Gasteiger charge is 2.45. The van der Waals surface area contributed by atoms with Crippen LogP contribution in [-0.2, 0) is 123 Å². The SMILES string of the molecule is CC(C)C[C@H](N)C(=O)N[C@@H](CCC(=O)O)C(=O)N[C@@H](CO)C(=O)N[C@@H](CCCCN)C(=O)N1CCC[C@H]1C(=O)N[C@@H](Cc1ccc(O)cc1)C(=O)N[C@@H](CC(N)=O)C(=O)N1CCC[C@H]1C(=O)N[C@@H](Cc1ccccc1)C(=O)N[C@@H](CCC(=O)O)C(=O)N[C@@H](CCC(=O)O)C(=O)N[C@@H](CCC(=O)O)C(=O)N[C@@H](CCC(=O)O)C(=O)N[C@@H](CCC(=O)O)C(=O)N[C@@H](CC(=O)O)C(=O)O. The van der Waals surface area contributed by atoms with Crippen LogP contribution in [0.4, 0.5) is 0 Å². The van der Waals surface area contributed by atoms with Crippen LogP contribution in [0.1, 0.15) is 166 Å². The standard InChI is InChI=1S/C81H115N17O33/c1-40(2)34-44(83)67(116)85-45(19-25-60(102)103)73(122)96-56(39-99)76(125)91-51(12-6-7-31-82)79(128)97-32-8-13-57(97)77(126)93-53(36-42-15-17-43(100)18-16-42)75(124)94-54(37-59(84)101)80(129)98-33-9-14-58(98)78(127)92-52(35-41-10-4-3-5-11-41)74(123)90-49(23-29-64(110)111)71(120)88-47(21-27-62(106)107)69(118)86-46(20-26-61(104)105)68(117)87-48(22-28-63(108)109)70(119)89-50(24-30-65(112)113)72(121)95-55(81(130)131)38-66(114)115/h3-5,10-11,15-18,40,44-58,99-100H,6-9,12-14,19-39,82-83H2,1-2H3,(H2,84,101)(H,85,116)(H,86,118)(H,87,117)(H,88,120)(H,89,119)(H,90,123)(H,91,125)(H,92,127)(H,93,126)(H,94,124)(H,95,121)(H,96,122)(H,102,103)(H,104,105)(H,106,107)(H,108,109)(H,110,111)(H,112,113)(H,114,115)(H,130,131)/t44-,45-,46-,47-,48-,49-,50-,51-,52-,53-,54-,55-,56-,57-,58-/m0/s1. The molecule has 2 aromatic carbocycles. The van der Waals surface area contributed by atoms with Crippen LogP contribution in [0, 0.1) is 5.92 Å². The Bertz CT molecular complexity index is 4430. The van der Waals surface area contributed by atoms with Gasteiger partial charge in [-0.15, -0.1) is 0 Å². The van der Waals surface area contributed by atoms with Crippen LogP contribution in [0.5, 0.6) is 5.75 Å². The highest BCUT2D eigenvalue weighted by molar-refractivity contribution is 6.02. The number of likely N-dealkylation sites (tertiary alicyclic amines) is 2. The number of carbonyl (C=O) groups excluding carboxylic acids is 15. The molecule has 2 aliphatic rings. The average Bonchev–Trinajstić information content (AvgIpc) is 1.71. The maximum Gasteiger partial charge on any atom is 0.326 e. The van der Waals surface area contributed by atoms with Gasteiger partial charge in [0, 0.05) is 64.5 Å². The number of nitrogens with zero attached hydrogens (tertiary/aromatic N) is 2. The summed E-state index contributed by atoms with van der Waals surface area (Å²) in [6.45, 7) is 2.22. The summed E-state index contributed by atoms with van der Waals surface area (Å²) in [7, 11) is 0. The second-order valence-electron chi connectivity index (χ2n) is 31.6. The van der Waals surface area contributed by atoms with E-state index in [1.54, 1.807) is 19.9 Å². The van der Waals surface area contributed by atoms with Gasteiger partial charge in [-0.25, -0.2) is 4.79 Å². The number of nitrogens with two attached hydrogens (primary N) is 3. The predicted octanol–water partition coefficient (Wildman–Crippen LogP) is -6.90. The average molecular weight is 1850 g/mol. The molecule has 0 unspecified atom stereocenters. The number of aromatic hydroxyl groups is 1. The maximum absolute atomic E-state index is 15.0. The number of benzene rings is 2. The Kier molecular flexibility index (Phi) is 45.8. The number of aliphatic carboxylic acids is 8. The fourth-order valence-electron chi connectivity index (χ4n) is 14.0. The van der Waals surface area contributed by atoms with E-state index in [0.29, 0.717) is 12.0 Å². The van der Waals surface area contributed by atoms with Crippen LogP contribution >= 0.6 is 0 Å². The second kappa shape index (κ2) is 55.0. The number of phenols is 1. The molecular weight excluding hydrogens is 1740 g/mol. The van der Waals surface area contributed by atoms with Gasteiger partial charge in [0.25, 0.3) is 0 Å². The predicted molar refractivity (Wildman–Crippen MR) is 447 cm³/mol. The van der Waals surface area contributed by atoms with Crippen molar-refractivity contribution in [2.24, 2.45) is 23.1 Å². The number of rotatable bonds is 60. The number of aliphatic hydroxyl groups is 1. The molecular formula is C81H115N17O33. The van der Waals surface area contributed by atoms with Crippen LogP contribution in [-0.4, -0.2) is 314 Å². The Morgan fingerprint density at radius 2 is 0.679 bits per heavy atom. The summed E-state index contributed by atoms with van der Waals surface area (Å²) < 4.78 is 0. The molecule has 0 aromatic heterocycles. The lowest BCUT2D eigenvalue weighted by Crippen LogP contribution is -2.61. The number of carboxylic acid groups (broad SMARTS) is 8. The minimum absolute atomic E-state index is 0.0386. The lowest BCUT2D eigenvalue weighted by atomic mass is 10.0. The second-order valence-corrected chi connectivity index (χ2v) is 31.6. The maximum atomic E-state index is 15.0. The van der Waals surface area contributed by atoms with Crippen molar-refractivity contribution in [1.82, 2.24) is 73.6 Å². The van der Waals surface area contributed by atoms with E-state index in [1.807, 2.05) is 10.6 Å². The van der Waals surface area contributed by atoms with Crippen molar-refractivity contribution in [3.8, 4) is 5.75 Å². The summed E-state index contributed by atoms with van der Waals surface area (Å²) in [5, 5.41) is 124. The number of hydrogen-bond donors (Lipinski definition) is 25. The number of hydrogen-bond acceptors (Lipinski definition) is 27. The number of amides is 15.